The smallest absolute Gasteiger partial charge is 0.0352 e. The summed E-state index contributed by atoms with van der Waals surface area (Å²) in [7, 11) is 0. The fraction of sp³-hybridized carbons (Fsp3) is 0.714. The second-order valence-corrected chi connectivity index (χ2v) is 1.70. The Balaban J connectivity index is 2.45. The van der Waals surface area contributed by atoms with Gasteiger partial charge in [0.1, 0.15) is 0 Å². The summed E-state index contributed by atoms with van der Waals surface area (Å²) in [5.74, 6) is 0. The van der Waals surface area contributed by atoms with Gasteiger partial charge in [0.15, 0.2) is 0 Å². The van der Waals surface area contributed by atoms with E-state index in [4.69, 9.17) is 6.92 Å². The van der Waals surface area contributed by atoms with E-state index in [9.17, 15) is 0 Å². The molecule has 0 fully saturated rings. The summed E-state index contributed by atoms with van der Waals surface area (Å²) in [5.41, 5.74) is 0. The van der Waals surface area contributed by atoms with Crippen LogP contribution in [0.15, 0.2) is 0 Å². The summed E-state index contributed by atoms with van der Waals surface area (Å²) in [6, 6.07) is 0. The van der Waals surface area contributed by atoms with E-state index in [-0.39, 0.29) is 0 Å². The molecule has 0 saturated heterocycles. The minimum Gasteiger partial charge on any atom is -0.0533 e. The van der Waals surface area contributed by atoms with Gasteiger partial charge in [0.05, 0.1) is 0 Å². The number of hydrogen-bond acceptors (Lipinski definition) is 0. The number of unbranched alkanes of at least 4 members (excludes halogenated alkanes) is 4. The van der Waals surface area contributed by atoms with E-state index in [0.717, 1.165) is 19.3 Å². The van der Waals surface area contributed by atoms with Gasteiger partial charge < -0.3 is 0 Å². The molecular formula is C7H13. The van der Waals surface area contributed by atoms with Gasteiger partial charge in [0.2, 0.25) is 0 Å². The van der Waals surface area contributed by atoms with Crippen molar-refractivity contribution in [2.24, 2.45) is 0 Å². The normalized spacial score (nSPS) is 9.43. The monoisotopic (exact) mass is 97.1 g/mol. The quantitative estimate of drug-likeness (QED) is 0.473. The maximum atomic E-state index is 5.25. The third kappa shape index (κ3) is 6.00. The lowest BCUT2D eigenvalue weighted by Gasteiger charge is -1.90. The van der Waals surface area contributed by atoms with Gasteiger partial charge in [-0.1, -0.05) is 32.6 Å². The Morgan fingerprint density at radius 1 is 1.14 bits per heavy atom. The Labute approximate surface area is 46.9 Å². The molecule has 0 atom stereocenters. The minimum absolute atomic E-state index is 0.833. The van der Waals surface area contributed by atoms with E-state index in [1.54, 1.807) is 0 Å². The predicted octanol–water partition coefficient (Wildman–Crippen LogP) is 2.48. The zero-order chi connectivity index (χ0) is 5.54. The largest absolute Gasteiger partial charge is 0.0533 e. The second-order valence-electron chi connectivity index (χ2n) is 1.70. The molecule has 0 bridgehead atoms. The van der Waals surface area contributed by atoms with Gasteiger partial charge in [-0.05, 0) is 13.3 Å². The van der Waals surface area contributed by atoms with Crippen LogP contribution in [0.1, 0.15) is 32.1 Å². The van der Waals surface area contributed by atoms with Crippen molar-refractivity contribution in [3.05, 3.63) is 13.8 Å². The third-order valence-corrected chi connectivity index (χ3v) is 0.954. The van der Waals surface area contributed by atoms with Gasteiger partial charge in [-0.2, -0.15) is 0 Å². The Bertz CT molecular complexity index is 19.2. The van der Waals surface area contributed by atoms with Crippen LogP contribution in [0.2, 0.25) is 0 Å². The molecule has 7 heavy (non-hydrogen) atoms. The molecule has 0 aromatic heterocycles. The molecule has 3 radical (unpaired) electrons. The maximum absolute atomic E-state index is 5.25. The van der Waals surface area contributed by atoms with Crippen molar-refractivity contribution in [1.29, 1.82) is 0 Å². The van der Waals surface area contributed by atoms with Gasteiger partial charge in [0.25, 0.3) is 0 Å². The Morgan fingerprint density at radius 2 is 1.86 bits per heavy atom. The summed E-state index contributed by atoms with van der Waals surface area (Å²) in [6.45, 7) is 8.97. The number of rotatable bonds is 4. The lowest BCUT2D eigenvalue weighted by atomic mass is 10.2. The average molecular weight is 97.2 g/mol. The zero-order valence-corrected chi connectivity index (χ0v) is 4.82. The van der Waals surface area contributed by atoms with Crippen molar-refractivity contribution in [2.45, 2.75) is 32.1 Å². The second kappa shape index (κ2) is 6.00. The van der Waals surface area contributed by atoms with Crippen LogP contribution in [0.4, 0.5) is 0 Å². The highest BCUT2D eigenvalue weighted by atomic mass is 13.9. The van der Waals surface area contributed by atoms with Crippen LogP contribution in [-0.4, -0.2) is 0 Å². The van der Waals surface area contributed by atoms with Gasteiger partial charge in [-0.25, -0.2) is 0 Å². The van der Waals surface area contributed by atoms with Crippen LogP contribution in [0.25, 0.3) is 0 Å². The highest BCUT2D eigenvalue weighted by Crippen LogP contribution is 1.99. The van der Waals surface area contributed by atoms with Crippen LogP contribution in [0.3, 0.4) is 0 Å². The van der Waals surface area contributed by atoms with Crippen molar-refractivity contribution in [2.75, 3.05) is 0 Å². The Kier molecular flexibility index (Phi) is 6.00. The Morgan fingerprint density at radius 3 is 2.29 bits per heavy atom. The van der Waals surface area contributed by atoms with Crippen LogP contribution < -0.4 is 0 Å². The molecule has 0 aromatic carbocycles. The van der Waals surface area contributed by atoms with Crippen molar-refractivity contribution in [1.82, 2.24) is 0 Å². The molecular weight excluding hydrogens is 84.1 g/mol. The molecule has 41 valence electrons. The van der Waals surface area contributed by atoms with E-state index >= 15 is 0 Å². The first kappa shape index (κ1) is 7.00. The molecule has 0 aliphatic carbocycles. The first-order chi connectivity index (χ1) is 3.41. The lowest BCUT2D eigenvalue weighted by Crippen LogP contribution is -1.71. The molecule has 0 rings (SSSR count). The van der Waals surface area contributed by atoms with E-state index in [1.807, 2.05) is 0 Å². The molecule has 0 heteroatoms. The van der Waals surface area contributed by atoms with Gasteiger partial charge in [0, 0.05) is 0 Å². The molecule has 0 aliphatic heterocycles. The third-order valence-electron chi connectivity index (χ3n) is 0.954. The standard InChI is InChI=1S/C7H13/c1-3-5-7-6-4-2/h1H,2-7H2. The van der Waals surface area contributed by atoms with Crippen LogP contribution in [0, 0.1) is 13.8 Å². The summed E-state index contributed by atoms with van der Waals surface area (Å²) >= 11 is 0. The van der Waals surface area contributed by atoms with Crippen molar-refractivity contribution in [3.8, 4) is 0 Å². The summed E-state index contributed by atoms with van der Waals surface area (Å²) in [4.78, 5) is 0. The SMILES string of the molecule is [CH]CCCCC[CH2]. The molecule has 0 nitrogen and oxygen atoms in total. The Hall–Kier alpha value is 0. The van der Waals surface area contributed by atoms with E-state index in [0.29, 0.717) is 0 Å². The average Bonchev–Trinajstić information content (AvgIpc) is 1.69. The summed E-state index contributed by atoms with van der Waals surface area (Å²) < 4.78 is 0. The highest BCUT2D eigenvalue weighted by Gasteiger charge is 1.80. The molecule has 0 amide bonds. The topological polar surface area (TPSA) is 0 Å². The van der Waals surface area contributed by atoms with Gasteiger partial charge in [-0.15, -0.1) is 0 Å². The van der Waals surface area contributed by atoms with Crippen LogP contribution >= 0.6 is 0 Å². The molecule has 0 aromatic rings. The molecule has 0 unspecified atom stereocenters. The number of hydrogen-bond donors (Lipinski definition) is 0. The van der Waals surface area contributed by atoms with Crippen LogP contribution in [0.5, 0.6) is 0 Å². The fourth-order valence-electron chi connectivity index (χ4n) is 0.498. The summed E-state index contributed by atoms with van der Waals surface area (Å²) in [6.07, 6.45) is 5.53. The summed E-state index contributed by atoms with van der Waals surface area (Å²) in [5, 5.41) is 0. The molecule has 0 saturated carbocycles. The zero-order valence-electron chi connectivity index (χ0n) is 4.82. The molecule has 0 spiro atoms. The van der Waals surface area contributed by atoms with E-state index in [2.05, 4.69) is 6.92 Å². The highest BCUT2D eigenvalue weighted by molar-refractivity contribution is 4.45. The van der Waals surface area contributed by atoms with Crippen LogP contribution in [-0.2, 0) is 0 Å². The predicted molar refractivity (Wildman–Crippen MR) is 32.7 cm³/mol. The lowest BCUT2D eigenvalue weighted by molar-refractivity contribution is 0.694. The van der Waals surface area contributed by atoms with E-state index < -0.39 is 0 Å². The van der Waals surface area contributed by atoms with Gasteiger partial charge in [-0.3, -0.25) is 0 Å². The maximum Gasteiger partial charge on any atom is -0.0352 e. The molecule has 0 aliphatic rings. The van der Waals surface area contributed by atoms with Crippen molar-refractivity contribution < 1.29 is 0 Å². The van der Waals surface area contributed by atoms with Crippen molar-refractivity contribution >= 4 is 0 Å². The van der Waals surface area contributed by atoms with Crippen molar-refractivity contribution in [3.63, 3.8) is 0 Å². The first-order valence-corrected chi connectivity index (χ1v) is 2.91. The molecule has 0 heterocycles. The first-order valence-electron chi connectivity index (χ1n) is 2.91. The fourth-order valence-corrected chi connectivity index (χ4v) is 0.498. The van der Waals surface area contributed by atoms with Gasteiger partial charge >= 0.3 is 0 Å². The van der Waals surface area contributed by atoms with E-state index in [1.165, 1.54) is 12.8 Å². The molecule has 0 N–H and O–H groups in total. The minimum atomic E-state index is 0.833.